The van der Waals surface area contributed by atoms with E-state index < -0.39 is 10.8 Å². The third-order valence-corrected chi connectivity index (χ3v) is 26.2. The molecule has 0 fully saturated rings. The molecule has 0 saturated carbocycles. The summed E-state index contributed by atoms with van der Waals surface area (Å²) < 4.78 is 14.4. The van der Waals surface area contributed by atoms with Crippen LogP contribution in [0, 0.1) is 0 Å². The van der Waals surface area contributed by atoms with Crippen molar-refractivity contribution in [3.8, 4) is 124 Å². The Labute approximate surface area is 697 Å². The van der Waals surface area contributed by atoms with Gasteiger partial charge >= 0.3 is 0 Å². The first kappa shape index (κ1) is 69.2. The normalized spacial score (nSPS) is 17.0. The summed E-state index contributed by atoms with van der Waals surface area (Å²) in [7, 11) is 0. The average Bonchev–Trinajstić information content (AvgIpc) is 1.56. The van der Waals surface area contributed by atoms with Crippen LogP contribution in [0.25, 0.3) is 122 Å². The maximum absolute atomic E-state index is 7.27. The zero-order chi connectivity index (χ0) is 79.0. The molecule has 0 bridgehead atoms. The van der Waals surface area contributed by atoms with E-state index in [1.54, 1.807) is 0 Å². The monoisotopic (exact) mass is 1530 g/mol. The van der Waals surface area contributed by atoms with E-state index in [2.05, 4.69) is 412 Å². The largest absolute Gasteiger partial charge is 0.457 e. The van der Waals surface area contributed by atoms with Gasteiger partial charge in [0.2, 0.25) is 0 Å². The number of amidine groups is 1. The summed E-state index contributed by atoms with van der Waals surface area (Å²) in [5.74, 6) is 5.21. The van der Waals surface area contributed by atoms with Crippen LogP contribution in [-0.4, -0.2) is 15.8 Å². The van der Waals surface area contributed by atoms with E-state index in [0.29, 0.717) is 5.82 Å². The van der Waals surface area contributed by atoms with Crippen LogP contribution in [0.15, 0.2) is 418 Å². The van der Waals surface area contributed by atoms with Gasteiger partial charge in [-0.2, -0.15) is 0 Å². The molecule has 3 aliphatic heterocycles. The standard InChI is InChI=1S/C114H76N4O2/c1-3-27-71(28-4-1)74-32-25-37-83(65-74)112-116-102(69-105(118-112)92-44-12-10-40-86(92)79-58-61-99-108(67-79)119-106-53-21-19-50-97(106)113(99)94-47-16-13-41-89(94)90-42-14-17-48-95(90)113)81-36-24-34-76(64-81)75-33-23-35-77(63-75)88-46-26-52-101-110(88)93-45-15-18-49-96(93)114(101)98-51-20-22-54-107(98)120-109-68-80(59-62-100(109)114)85-39-9-11-43-91(85)104-70-103(115-111(117-104)73-30-5-2-6-31-73)82-57-60-87-78(66-82)56-55-72-29-7-8-38-84(72)87/h1-27,29-68,70-71,102,105H,28,69H2,(H,116,118). The third-order valence-electron chi connectivity index (χ3n) is 26.2. The average molecular weight is 1530 g/mol. The molecule has 0 amide bonds. The molecule has 120 heavy (non-hydrogen) atoms. The highest BCUT2D eigenvalue weighted by Crippen LogP contribution is 2.66. The van der Waals surface area contributed by atoms with Crippen molar-refractivity contribution in [3.05, 3.63) is 479 Å². The molecule has 6 aliphatic rings. The van der Waals surface area contributed by atoms with Gasteiger partial charge < -0.3 is 14.8 Å². The van der Waals surface area contributed by atoms with Crippen LogP contribution < -0.4 is 14.8 Å². The maximum atomic E-state index is 7.27. The highest BCUT2D eigenvalue weighted by molar-refractivity contribution is 6.09. The lowest BCUT2D eigenvalue weighted by atomic mass is 9.66. The summed E-state index contributed by atoms with van der Waals surface area (Å²) in [6.45, 7) is 0. The molecule has 18 aromatic rings. The number of hydrogen-bond donors (Lipinski definition) is 1. The number of benzene rings is 17. The van der Waals surface area contributed by atoms with Crippen molar-refractivity contribution in [2.45, 2.75) is 41.7 Å². The van der Waals surface area contributed by atoms with E-state index in [9.17, 15) is 0 Å². The summed E-state index contributed by atoms with van der Waals surface area (Å²) in [4.78, 5) is 16.5. The minimum atomic E-state index is -0.727. The first-order chi connectivity index (χ1) is 59.4. The van der Waals surface area contributed by atoms with Crippen LogP contribution in [0.3, 0.4) is 0 Å². The van der Waals surface area contributed by atoms with E-state index in [1.165, 1.54) is 82.9 Å². The second-order valence-corrected chi connectivity index (χ2v) is 32.6. The highest BCUT2D eigenvalue weighted by atomic mass is 16.5. The minimum absolute atomic E-state index is 0.102. The molecule has 1 N–H and O–H groups in total. The van der Waals surface area contributed by atoms with Gasteiger partial charge in [0.15, 0.2) is 5.82 Å². The number of aliphatic imine (C=N–C) groups is 1. The molecule has 4 atom stereocenters. The topological polar surface area (TPSA) is 68.6 Å². The molecule has 564 valence electrons. The third kappa shape index (κ3) is 10.9. The molecule has 24 rings (SSSR count). The quantitative estimate of drug-likeness (QED) is 0.131. The van der Waals surface area contributed by atoms with Gasteiger partial charge in [-0.1, -0.05) is 358 Å². The molecule has 3 aliphatic carbocycles. The summed E-state index contributed by atoms with van der Waals surface area (Å²) in [6, 6.07) is 142. The van der Waals surface area contributed by atoms with Crippen molar-refractivity contribution in [2.24, 2.45) is 4.99 Å². The van der Waals surface area contributed by atoms with Crippen LogP contribution >= 0.6 is 0 Å². The van der Waals surface area contributed by atoms with Gasteiger partial charge in [0, 0.05) is 50.4 Å². The predicted molar refractivity (Wildman–Crippen MR) is 488 cm³/mol. The lowest BCUT2D eigenvalue weighted by molar-refractivity contribution is 0.436. The number of aromatic nitrogens is 2. The molecule has 0 saturated heterocycles. The van der Waals surface area contributed by atoms with Crippen molar-refractivity contribution in [1.29, 1.82) is 0 Å². The number of nitrogens with zero attached hydrogens (tertiary/aromatic N) is 3. The fourth-order valence-electron chi connectivity index (χ4n) is 20.8. The van der Waals surface area contributed by atoms with Crippen molar-refractivity contribution in [3.63, 3.8) is 0 Å². The van der Waals surface area contributed by atoms with Crippen LogP contribution in [-0.2, 0) is 10.8 Å². The summed E-state index contributed by atoms with van der Waals surface area (Å²) in [5, 5.41) is 8.92. The van der Waals surface area contributed by atoms with Gasteiger partial charge in [-0.25, -0.2) is 9.97 Å². The van der Waals surface area contributed by atoms with Crippen LogP contribution in [0.1, 0.15) is 97.6 Å². The van der Waals surface area contributed by atoms with E-state index >= 15 is 0 Å². The molecule has 2 spiro atoms. The summed E-state index contributed by atoms with van der Waals surface area (Å²) in [6.07, 6.45) is 10.6. The van der Waals surface area contributed by atoms with E-state index in [0.717, 1.165) is 142 Å². The lowest BCUT2D eigenvalue weighted by Gasteiger charge is -2.39. The Morgan fingerprint density at radius 2 is 0.808 bits per heavy atom. The van der Waals surface area contributed by atoms with E-state index in [4.69, 9.17) is 24.4 Å². The van der Waals surface area contributed by atoms with E-state index in [-0.39, 0.29) is 18.0 Å². The zero-order valence-corrected chi connectivity index (χ0v) is 65.6. The van der Waals surface area contributed by atoms with E-state index in [1.807, 2.05) is 6.07 Å². The van der Waals surface area contributed by atoms with Gasteiger partial charge in [0.1, 0.15) is 28.8 Å². The van der Waals surface area contributed by atoms with Gasteiger partial charge in [-0.15, -0.1) is 0 Å². The molecule has 6 heteroatoms. The van der Waals surface area contributed by atoms with Crippen molar-refractivity contribution in [1.82, 2.24) is 15.3 Å². The van der Waals surface area contributed by atoms with Crippen LogP contribution in [0.2, 0.25) is 0 Å². The van der Waals surface area contributed by atoms with Crippen molar-refractivity contribution in [2.75, 3.05) is 0 Å². The molecule has 6 nitrogen and oxygen atoms in total. The summed E-state index contributed by atoms with van der Waals surface area (Å²) >= 11 is 0. The minimum Gasteiger partial charge on any atom is -0.457 e. The molecular formula is C114H76N4O2. The molecule has 4 heterocycles. The number of para-hydroxylation sites is 2. The fourth-order valence-corrected chi connectivity index (χ4v) is 20.8. The Morgan fingerprint density at radius 1 is 0.300 bits per heavy atom. The highest BCUT2D eigenvalue weighted by Gasteiger charge is 2.53. The second kappa shape index (κ2) is 27.8. The summed E-state index contributed by atoms with van der Waals surface area (Å²) in [5.41, 5.74) is 31.4. The van der Waals surface area contributed by atoms with Crippen LogP contribution in [0.5, 0.6) is 23.0 Å². The molecule has 17 aromatic carbocycles. The van der Waals surface area contributed by atoms with Crippen molar-refractivity contribution >= 4 is 27.4 Å². The molecular weight excluding hydrogens is 1460 g/mol. The number of fused-ring (bicyclic) bond motifs is 21. The van der Waals surface area contributed by atoms with Gasteiger partial charge in [0.05, 0.1) is 34.3 Å². The number of allylic oxidation sites excluding steroid dienone is 4. The zero-order valence-electron chi connectivity index (χ0n) is 65.6. The number of nitrogens with one attached hydrogen (secondary N) is 1. The number of ether oxygens (including phenoxy) is 2. The Bertz CT molecular complexity index is 7350. The Kier molecular flexibility index (Phi) is 16.0. The molecule has 0 radical (unpaired) electrons. The number of rotatable bonds is 11. The SMILES string of the molecule is C1=CCC(c2cccc(C3=NC(c4ccccc4-c4ccc5c(c4)Oc4ccccc4C54c5ccccc5-c5ccccc54)CC(c4cccc(-c5cccc(-c6cccc7c6-c6ccccc6C76c7ccccc7Oc7cc(-c8ccccc8-c8cc(-c9ccc%10c(ccc%11ccccc%11%10)c9)nc(-c9ccccc9)n8)ccc76)c5)c4)N3)c2)C=C1. The predicted octanol–water partition coefficient (Wildman–Crippen LogP) is 28.2. The van der Waals surface area contributed by atoms with Crippen LogP contribution in [0.4, 0.5) is 0 Å². The fraction of sp³-hybridized carbons (Fsp3) is 0.0614. The Hall–Kier alpha value is -15.1. The lowest BCUT2D eigenvalue weighted by Crippen LogP contribution is -2.35. The Balaban J connectivity index is 0.586. The second-order valence-electron chi connectivity index (χ2n) is 32.6. The Morgan fingerprint density at radius 3 is 1.55 bits per heavy atom. The first-order valence-electron chi connectivity index (χ1n) is 41.8. The molecule has 1 aromatic heterocycles. The number of hydrogen-bond acceptors (Lipinski definition) is 6. The maximum Gasteiger partial charge on any atom is 0.160 e. The van der Waals surface area contributed by atoms with Crippen molar-refractivity contribution < 1.29 is 9.47 Å². The van der Waals surface area contributed by atoms with Gasteiger partial charge in [0.25, 0.3) is 0 Å². The first-order valence-corrected chi connectivity index (χ1v) is 41.8. The molecule has 4 unspecified atom stereocenters. The van der Waals surface area contributed by atoms with Gasteiger partial charge in [-0.05, 0) is 195 Å². The van der Waals surface area contributed by atoms with Gasteiger partial charge in [-0.3, -0.25) is 4.99 Å². The smallest absolute Gasteiger partial charge is 0.160 e.